The molecule has 0 aliphatic carbocycles. The maximum Gasteiger partial charge on any atom is 0.275 e. The second-order valence-electron chi connectivity index (χ2n) is 5.39. The number of aromatic amines is 1. The fourth-order valence-electron chi connectivity index (χ4n) is 2.57. The van der Waals surface area contributed by atoms with Crippen LogP contribution >= 0.6 is 0 Å². The molecule has 4 rings (SSSR count). The number of amides is 1. The highest BCUT2D eigenvalue weighted by molar-refractivity contribution is 6.02. The number of nitrogens with zero attached hydrogens (tertiary/aromatic N) is 2. The van der Waals surface area contributed by atoms with E-state index in [9.17, 15) is 4.79 Å². The van der Waals surface area contributed by atoms with Crippen molar-refractivity contribution < 1.29 is 4.79 Å². The normalized spacial score (nSPS) is 10.7. The van der Waals surface area contributed by atoms with Crippen molar-refractivity contribution >= 4 is 22.5 Å². The van der Waals surface area contributed by atoms with Crippen molar-refractivity contribution in [3.8, 4) is 11.3 Å². The van der Waals surface area contributed by atoms with Gasteiger partial charge in [0, 0.05) is 34.7 Å². The Morgan fingerprint density at radius 1 is 1.00 bits per heavy atom. The number of fused-ring (bicyclic) bond motifs is 1. The predicted molar refractivity (Wildman–Crippen MR) is 93.7 cm³/mol. The number of benzene rings is 2. The minimum absolute atomic E-state index is 0.276. The third kappa shape index (κ3) is 2.75. The van der Waals surface area contributed by atoms with Crippen molar-refractivity contribution in [2.75, 3.05) is 5.32 Å². The van der Waals surface area contributed by atoms with E-state index in [0.29, 0.717) is 5.69 Å². The highest BCUT2D eigenvalue weighted by Gasteiger charge is 2.08. The molecule has 0 aliphatic heterocycles. The number of aromatic nitrogens is 3. The number of carbonyl (C=O) groups excluding carboxylic acids is 1. The molecule has 0 radical (unpaired) electrons. The van der Waals surface area contributed by atoms with Crippen molar-refractivity contribution in [1.29, 1.82) is 0 Å². The van der Waals surface area contributed by atoms with Crippen molar-refractivity contribution in [2.45, 2.75) is 0 Å². The molecule has 2 aromatic carbocycles. The summed E-state index contributed by atoms with van der Waals surface area (Å²) in [5.41, 5.74) is 4.21. The van der Waals surface area contributed by atoms with E-state index in [0.717, 1.165) is 16.8 Å². The van der Waals surface area contributed by atoms with E-state index in [1.54, 1.807) is 0 Å². The minimum Gasteiger partial charge on any atom is -0.355 e. The summed E-state index contributed by atoms with van der Waals surface area (Å²) in [4.78, 5) is 23.3. The number of H-pyrrole nitrogens is 1. The Hall–Kier alpha value is -3.47. The van der Waals surface area contributed by atoms with Gasteiger partial charge in [0.05, 0.1) is 6.20 Å². The lowest BCUT2D eigenvalue weighted by atomic mass is 10.1. The fourth-order valence-corrected chi connectivity index (χ4v) is 2.57. The van der Waals surface area contributed by atoms with E-state index in [2.05, 4.69) is 32.4 Å². The molecular weight excluding hydrogens is 300 g/mol. The number of para-hydroxylation sites is 1. The number of carbonyl (C=O) groups is 1. The van der Waals surface area contributed by atoms with Crippen molar-refractivity contribution in [3.05, 3.63) is 78.9 Å². The SMILES string of the molecule is O=C(Nc1ccc(-c2cc3ccccc3[nH]2)cc1)c1cnccn1. The van der Waals surface area contributed by atoms with Crippen LogP contribution in [0, 0.1) is 0 Å². The maximum absolute atomic E-state index is 12.1. The first-order chi connectivity index (χ1) is 11.8. The fraction of sp³-hybridized carbons (Fsp3) is 0. The van der Waals surface area contributed by atoms with Gasteiger partial charge in [0.2, 0.25) is 0 Å². The van der Waals surface area contributed by atoms with E-state index in [1.807, 2.05) is 42.5 Å². The molecule has 2 heterocycles. The average Bonchev–Trinajstić information content (AvgIpc) is 3.07. The van der Waals surface area contributed by atoms with Crippen molar-refractivity contribution in [3.63, 3.8) is 0 Å². The van der Waals surface area contributed by atoms with Crippen LogP contribution in [0.2, 0.25) is 0 Å². The zero-order valence-corrected chi connectivity index (χ0v) is 12.7. The second kappa shape index (κ2) is 5.96. The van der Waals surface area contributed by atoms with Gasteiger partial charge < -0.3 is 10.3 Å². The summed E-state index contributed by atoms with van der Waals surface area (Å²) in [7, 11) is 0. The summed E-state index contributed by atoms with van der Waals surface area (Å²) >= 11 is 0. The van der Waals surface area contributed by atoms with Gasteiger partial charge in [-0.2, -0.15) is 0 Å². The molecule has 0 saturated carbocycles. The van der Waals surface area contributed by atoms with Gasteiger partial charge in [-0.05, 0) is 29.8 Å². The van der Waals surface area contributed by atoms with Gasteiger partial charge in [0.15, 0.2) is 0 Å². The maximum atomic E-state index is 12.1. The monoisotopic (exact) mass is 314 g/mol. The first kappa shape index (κ1) is 14.1. The topological polar surface area (TPSA) is 70.7 Å². The van der Waals surface area contributed by atoms with Gasteiger partial charge in [0.25, 0.3) is 5.91 Å². The van der Waals surface area contributed by atoms with Crippen LogP contribution in [0.15, 0.2) is 73.2 Å². The average molecular weight is 314 g/mol. The number of rotatable bonds is 3. The number of hydrogen-bond acceptors (Lipinski definition) is 3. The van der Waals surface area contributed by atoms with E-state index in [-0.39, 0.29) is 11.6 Å². The van der Waals surface area contributed by atoms with Crippen LogP contribution in [0.25, 0.3) is 22.2 Å². The molecule has 2 N–H and O–H groups in total. The molecule has 0 spiro atoms. The molecule has 5 nitrogen and oxygen atoms in total. The van der Waals surface area contributed by atoms with E-state index in [1.165, 1.54) is 24.0 Å². The molecule has 1 amide bonds. The van der Waals surface area contributed by atoms with Gasteiger partial charge in [0.1, 0.15) is 5.69 Å². The summed E-state index contributed by atoms with van der Waals surface area (Å²) in [6, 6.07) is 17.9. The van der Waals surface area contributed by atoms with Crippen LogP contribution in [-0.2, 0) is 0 Å². The Labute approximate surface area is 138 Å². The van der Waals surface area contributed by atoms with Gasteiger partial charge in [-0.1, -0.05) is 30.3 Å². The summed E-state index contributed by atoms with van der Waals surface area (Å²) in [5, 5.41) is 3.99. The van der Waals surface area contributed by atoms with Gasteiger partial charge in [-0.3, -0.25) is 9.78 Å². The van der Waals surface area contributed by atoms with Crippen LogP contribution in [-0.4, -0.2) is 20.9 Å². The first-order valence-electron chi connectivity index (χ1n) is 7.55. The van der Waals surface area contributed by atoms with Crippen molar-refractivity contribution in [1.82, 2.24) is 15.0 Å². The molecule has 0 fully saturated rings. The Balaban J connectivity index is 1.55. The number of hydrogen-bond donors (Lipinski definition) is 2. The van der Waals surface area contributed by atoms with Gasteiger partial charge in [-0.15, -0.1) is 0 Å². The minimum atomic E-state index is -0.276. The van der Waals surface area contributed by atoms with Gasteiger partial charge >= 0.3 is 0 Å². The van der Waals surface area contributed by atoms with E-state index in [4.69, 9.17) is 0 Å². The molecule has 0 saturated heterocycles. The number of nitrogens with one attached hydrogen (secondary N) is 2. The summed E-state index contributed by atoms with van der Waals surface area (Å²) in [6.45, 7) is 0. The lowest BCUT2D eigenvalue weighted by Gasteiger charge is -2.05. The van der Waals surface area contributed by atoms with Crippen LogP contribution in [0.5, 0.6) is 0 Å². The molecule has 0 bridgehead atoms. The lowest BCUT2D eigenvalue weighted by molar-refractivity contribution is 0.102. The standard InChI is InChI=1S/C19H14N4O/c24-19(18-12-20-9-10-21-18)22-15-7-5-13(6-8-15)17-11-14-3-1-2-4-16(14)23-17/h1-12,23H,(H,22,24). The first-order valence-corrected chi connectivity index (χ1v) is 7.55. The highest BCUT2D eigenvalue weighted by Crippen LogP contribution is 2.25. The third-order valence-electron chi connectivity index (χ3n) is 3.78. The van der Waals surface area contributed by atoms with Crippen LogP contribution in [0.4, 0.5) is 5.69 Å². The molecular formula is C19H14N4O. The lowest BCUT2D eigenvalue weighted by Crippen LogP contribution is -2.13. The Morgan fingerprint density at radius 3 is 2.58 bits per heavy atom. The largest absolute Gasteiger partial charge is 0.355 e. The molecule has 2 aromatic heterocycles. The van der Waals surface area contributed by atoms with E-state index >= 15 is 0 Å². The summed E-state index contributed by atoms with van der Waals surface area (Å²) in [6.07, 6.45) is 4.47. The smallest absolute Gasteiger partial charge is 0.275 e. The van der Waals surface area contributed by atoms with Crippen LogP contribution in [0.3, 0.4) is 0 Å². The third-order valence-corrected chi connectivity index (χ3v) is 3.78. The van der Waals surface area contributed by atoms with Crippen molar-refractivity contribution in [2.24, 2.45) is 0 Å². The quantitative estimate of drug-likeness (QED) is 0.603. The van der Waals surface area contributed by atoms with Crippen LogP contribution in [0.1, 0.15) is 10.5 Å². The van der Waals surface area contributed by atoms with Crippen LogP contribution < -0.4 is 5.32 Å². The Kier molecular flexibility index (Phi) is 3.51. The molecule has 5 heteroatoms. The molecule has 24 heavy (non-hydrogen) atoms. The molecule has 0 unspecified atom stereocenters. The highest BCUT2D eigenvalue weighted by atomic mass is 16.1. The van der Waals surface area contributed by atoms with E-state index < -0.39 is 0 Å². The summed E-state index contributed by atoms with van der Waals surface area (Å²) in [5.74, 6) is -0.276. The predicted octanol–water partition coefficient (Wildman–Crippen LogP) is 3.88. The number of anilines is 1. The zero-order valence-electron chi connectivity index (χ0n) is 12.7. The molecule has 4 aromatic rings. The molecule has 0 atom stereocenters. The Bertz CT molecular complexity index is 958. The Morgan fingerprint density at radius 2 is 1.83 bits per heavy atom. The summed E-state index contributed by atoms with van der Waals surface area (Å²) < 4.78 is 0. The molecule has 116 valence electrons. The molecule has 0 aliphatic rings. The van der Waals surface area contributed by atoms with Gasteiger partial charge in [-0.25, -0.2) is 4.98 Å². The second-order valence-corrected chi connectivity index (χ2v) is 5.39. The zero-order chi connectivity index (χ0) is 16.4.